The number of aromatic amines is 1. The second kappa shape index (κ2) is 10.6. The highest BCUT2D eigenvalue weighted by Crippen LogP contribution is 2.51. The molecule has 13 heteroatoms. The Balaban J connectivity index is 1.20. The van der Waals surface area contributed by atoms with Gasteiger partial charge in [0.15, 0.2) is 11.4 Å². The molecule has 2 amide bonds. The van der Waals surface area contributed by atoms with E-state index in [0.717, 1.165) is 19.0 Å². The van der Waals surface area contributed by atoms with Crippen LogP contribution in [0.5, 0.6) is 5.88 Å². The van der Waals surface area contributed by atoms with Gasteiger partial charge in [-0.2, -0.15) is 18.3 Å². The molecule has 3 fully saturated rings. The van der Waals surface area contributed by atoms with Gasteiger partial charge in [-0.1, -0.05) is 0 Å². The number of hydrogen-bond acceptors (Lipinski definition) is 6. The van der Waals surface area contributed by atoms with Crippen molar-refractivity contribution < 1.29 is 36.6 Å². The van der Waals surface area contributed by atoms with E-state index in [4.69, 9.17) is 9.47 Å². The van der Waals surface area contributed by atoms with Gasteiger partial charge in [-0.25, -0.2) is 9.37 Å². The van der Waals surface area contributed by atoms with Gasteiger partial charge in [0.05, 0.1) is 19.0 Å². The van der Waals surface area contributed by atoms with Crippen LogP contribution >= 0.6 is 0 Å². The van der Waals surface area contributed by atoms with Crippen molar-refractivity contribution in [1.82, 2.24) is 25.4 Å². The summed E-state index contributed by atoms with van der Waals surface area (Å²) >= 11 is 0. The third-order valence-electron chi connectivity index (χ3n) is 8.54. The zero-order valence-electron chi connectivity index (χ0n) is 22.4. The van der Waals surface area contributed by atoms with Crippen LogP contribution in [0.2, 0.25) is 0 Å². The second-order valence-corrected chi connectivity index (χ2v) is 11.0. The van der Waals surface area contributed by atoms with Crippen molar-refractivity contribution in [2.45, 2.75) is 81.6 Å². The van der Waals surface area contributed by atoms with Crippen LogP contribution in [0.3, 0.4) is 0 Å². The molecular formula is C27H33F4N5O4. The fourth-order valence-corrected chi connectivity index (χ4v) is 6.13. The highest BCUT2D eigenvalue weighted by atomic mass is 19.4. The number of pyridine rings is 1. The van der Waals surface area contributed by atoms with Gasteiger partial charge in [-0.3, -0.25) is 14.7 Å². The maximum Gasteiger partial charge on any atom is 0.417 e. The number of alkyl halides is 3. The molecule has 0 unspecified atom stereocenters. The predicted octanol–water partition coefficient (Wildman–Crippen LogP) is 4.40. The SMILES string of the molecule is CCOC1(C(F)(F)F)CCC(NC(=O)[C@H]2CCN(C(=O)c3cc(-c4cc(OC)ncc4F)n[nH]3)C3(CC3)C2)CC1. The summed E-state index contributed by atoms with van der Waals surface area (Å²) in [7, 11) is 1.42. The van der Waals surface area contributed by atoms with E-state index in [9.17, 15) is 27.2 Å². The fraction of sp³-hybridized carbons (Fsp3) is 0.630. The van der Waals surface area contributed by atoms with Crippen molar-refractivity contribution in [2.24, 2.45) is 5.92 Å². The first kappa shape index (κ1) is 28.3. The van der Waals surface area contributed by atoms with Gasteiger partial charge in [0.2, 0.25) is 11.8 Å². The molecule has 2 aromatic rings. The largest absolute Gasteiger partial charge is 0.481 e. The summed E-state index contributed by atoms with van der Waals surface area (Å²) in [4.78, 5) is 32.1. The second-order valence-electron chi connectivity index (χ2n) is 11.0. The van der Waals surface area contributed by atoms with E-state index in [1.165, 1.54) is 19.2 Å². The van der Waals surface area contributed by atoms with E-state index >= 15 is 0 Å². The van der Waals surface area contributed by atoms with Gasteiger partial charge in [-0.05, 0) is 64.4 Å². The van der Waals surface area contributed by atoms with E-state index < -0.39 is 23.1 Å². The lowest BCUT2D eigenvalue weighted by Crippen LogP contribution is -2.55. The van der Waals surface area contributed by atoms with Crippen molar-refractivity contribution in [1.29, 1.82) is 0 Å². The van der Waals surface area contributed by atoms with Crippen molar-refractivity contribution in [3.63, 3.8) is 0 Å². The van der Waals surface area contributed by atoms with Crippen molar-refractivity contribution in [3.8, 4) is 17.1 Å². The maximum atomic E-state index is 14.3. The molecule has 0 radical (unpaired) electrons. The molecule has 40 heavy (non-hydrogen) atoms. The molecule has 2 aliphatic carbocycles. The first-order valence-corrected chi connectivity index (χ1v) is 13.6. The molecule has 2 saturated carbocycles. The number of H-pyrrole nitrogens is 1. The smallest absolute Gasteiger partial charge is 0.417 e. The number of hydrogen-bond donors (Lipinski definition) is 2. The molecule has 1 aliphatic heterocycles. The summed E-state index contributed by atoms with van der Waals surface area (Å²) in [6.45, 7) is 1.88. The molecule has 1 atom stereocenters. The van der Waals surface area contributed by atoms with E-state index in [0.29, 0.717) is 19.4 Å². The minimum absolute atomic E-state index is 0.0227. The van der Waals surface area contributed by atoms with Crippen LogP contribution in [-0.2, 0) is 9.53 Å². The molecule has 218 valence electrons. The number of aromatic nitrogens is 3. The monoisotopic (exact) mass is 567 g/mol. The molecular weight excluding hydrogens is 534 g/mol. The zero-order chi connectivity index (χ0) is 28.7. The van der Waals surface area contributed by atoms with Crippen LogP contribution < -0.4 is 10.1 Å². The quantitative estimate of drug-likeness (QED) is 0.480. The number of piperidine rings is 1. The first-order chi connectivity index (χ1) is 19.0. The van der Waals surface area contributed by atoms with E-state index in [2.05, 4.69) is 20.5 Å². The Hall–Kier alpha value is -3.22. The molecule has 3 aliphatic rings. The minimum atomic E-state index is -4.45. The van der Waals surface area contributed by atoms with Crippen molar-refractivity contribution >= 4 is 11.8 Å². The normalized spacial score (nSPS) is 26.0. The average molecular weight is 568 g/mol. The van der Waals surface area contributed by atoms with Crippen LogP contribution in [0.4, 0.5) is 17.6 Å². The van der Waals surface area contributed by atoms with Gasteiger partial charge in [0, 0.05) is 42.3 Å². The summed E-state index contributed by atoms with van der Waals surface area (Å²) in [5.41, 5.74) is -1.99. The van der Waals surface area contributed by atoms with E-state index in [-0.39, 0.29) is 78.9 Å². The summed E-state index contributed by atoms with van der Waals surface area (Å²) < 4.78 is 65.5. The van der Waals surface area contributed by atoms with E-state index in [1.807, 2.05) is 0 Å². The molecule has 1 spiro atoms. The Morgan fingerprint density at radius 1 is 1.18 bits per heavy atom. The number of carbonyl (C=O) groups is 2. The first-order valence-electron chi connectivity index (χ1n) is 13.6. The number of ether oxygens (including phenoxy) is 2. The van der Waals surface area contributed by atoms with Gasteiger partial charge in [0.25, 0.3) is 5.91 Å². The molecule has 9 nitrogen and oxygen atoms in total. The Labute approximate surface area is 229 Å². The third-order valence-corrected chi connectivity index (χ3v) is 8.54. The number of halogens is 4. The van der Waals surface area contributed by atoms with Crippen LogP contribution in [0, 0.1) is 11.7 Å². The topological polar surface area (TPSA) is 109 Å². The fourth-order valence-electron chi connectivity index (χ4n) is 6.13. The molecule has 0 aromatic carbocycles. The maximum absolute atomic E-state index is 14.3. The molecule has 2 aromatic heterocycles. The highest BCUT2D eigenvalue weighted by Gasteiger charge is 2.57. The lowest BCUT2D eigenvalue weighted by atomic mass is 9.80. The number of nitrogens with one attached hydrogen (secondary N) is 2. The van der Waals surface area contributed by atoms with Gasteiger partial charge < -0.3 is 19.7 Å². The Bertz CT molecular complexity index is 1250. The Morgan fingerprint density at radius 2 is 1.90 bits per heavy atom. The van der Waals surface area contributed by atoms with Crippen molar-refractivity contribution in [2.75, 3.05) is 20.3 Å². The molecule has 0 bridgehead atoms. The average Bonchev–Trinajstić information content (AvgIpc) is 3.50. The lowest BCUT2D eigenvalue weighted by molar-refractivity contribution is -0.287. The number of amides is 2. The van der Waals surface area contributed by atoms with Crippen LogP contribution in [-0.4, -0.2) is 75.5 Å². The van der Waals surface area contributed by atoms with E-state index in [1.54, 1.807) is 11.8 Å². The summed E-state index contributed by atoms with van der Waals surface area (Å²) in [5, 5.41) is 9.78. The minimum Gasteiger partial charge on any atom is -0.481 e. The lowest BCUT2D eigenvalue weighted by Gasteiger charge is -2.42. The molecule has 5 rings (SSSR count). The Kier molecular flexibility index (Phi) is 7.53. The van der Waals surface area contributed by atoms with Gasteiger partial charge in [0.1, 0.15) is 5.69 Å². The zero-order valence-corrected chi connectivity index (χ0v) is 22.4. The number of carbonyl (C=O) groups excluding carboxylic acids is 2. The van der Waals surface area contributed by atoms with Gasteiger partial charge in [-0.15, -0.1) is 0 Å². The highest BCUT2D eigenvalue weighted by molar-refractivity contribution is 5.94. The number of rotatable bonds is 7. The predicted molar refractivity (Wildman–Crippen MR) is 135 cm³/mol. The van der Waals surface area contributed by atoms with Gasteiger partial charge >= 0.3 is 6.18 Å². The van der Waals surface area contributed by atoms with Crippen LogP contribution in [0.1, 0.15) is 68.8 Å². The Morgan fingerprint density at radius 3 is 2.52 bits per heavy atom. The van der Waals surface area contributed by atoms with Crippen LogP contribution in [0.25, 0.3) is 11.3 Å². The van der Waals surface area contributed by atoms with Crippen LogP contribution in [0.15, 0.2) is 18.3 Å². The third kappa shape index (κ3) is 5.27. The molecule has 1 saturated heterocycles. The molecule has 2 N–H and O–H groups in total. The number of likely N-dealkylation sites (tertiary alicyclic amines) is 1. The molecule has 3 heterocycles. The number of nitrogens with zero attached hydrogens (tertiary/aromatic N) is 3. The summed E-state index contributed by atoms with van der Waals surface area (Å²) in [5.74, 6) is -1.17. The summed E-state index contributed by atoms with van der Waals surface area (Å²) in [6, 6.07) is 2.55. The standard InChI is InChI=1S/C27H33F4N5O4/c1-3-40-26(27(29,30)31)7-4-17(5-8-26)33-23(37)16-6-11-36(25(14-16)9-10-25)24(38)21-13-20(34-35-21)18-12-22(39-2)32-15-19(18)28/h12-13,15-17H,3-11,14H2,1-2H3,(H,33,37)(H,34,35)/t16-,17?,26?/m0/s1. The van der Waals surface area contributed by atoms with Crippen molar-refractivity contribution in [3.05, 3.63) is 29.8 Å². The summed E-state index contributed by atoms with van der Waals surface area (Å²) in [6.07, 6.45) is -0.975. The number of methoxy groups -OCH3 is 1.